The van der Waals surface area contributed by atoms with Gasteiger partial charge in [-0.3, -0.25) is 14.2 Å². The number of hydrogen-bond acceptors (Lipinski definition) is 8. The monoisotopic (exact) mass is 642 g/mol. The van der Waals surface area contributed by atoms with Crippen LogP contribution in [0.5, 0.6) is 0 Å². The van der Waals surface area contributed by atoms with Crippen LogP contribution in [-0.4, -0.2) is 71.4 Å². The van der Waals surface area contributed by atoms with Crippen molar-refractivity contribution in [2.75, 3.05) is 43.0 Å². The predicted octanol–water partition coefficient (Wildman–Crippen LogP) is 3.97. The lowest BCUT2D eigenvalue weighted by molar-refractivity contribution is -0.121. The van der Waals surface area contributed by atoms with Gasteiger partial charge in [-0.05, 0) is 75.7 Å². The molecule has 0 aliphatic carbocycles. The number of rotatable bonds is 1. The predicted molar refractivity (Wildman–Crippen MR) is 168 cm³/mol. The molecule has 1 atom stereocenters. The molecule has 2 fully saturated rings. The van der Waals surface area contributed by atoms with E-state index in [0.717, 1.165) is 0 Å². The molecule has 242 valence electrons. The summed E-state index contributed by atoms with van der Waals surface area (Å²) in [5, 5.41) is 6.88. The molecule has 2 aromatic heterocycles. The topological polar surface area (TPSA) is 126 Å². The first-order valence-electron chi connectivity index (χ1n) is 15.8. The minimum Gasteiger partial charge on any atom is -0.363 e. The molecule has 2 saturated heterocycles. The Labute approximate surface area is 261 Å². The summed E-state index contributed by atoms with van der Waals surface area (Å²) in [5.41, 5.74) is 1.31. The van der Waals surface area contributed by atoms with Crippen molar-refractivity contribution in [2.24, 2.45) is 5.92 Å². The molecule has 10 nitrogen and oxygen atoms in total. The Morgan fingerprint density at radius 3 is 2.49 bits per heavy atom. The quantitative estimate of drug-likeness (QED) is 0.409. The smallest absolute Gasteiger partial charge is 0.276 e. The number of aromatic nitrogens is 3. The van der Waals surface area contributed by atoms with Crippen LogP contribution in [0.3, 0.4) is 0 Å². The Hall–Kier alpha value is -3.45. The van der Waals surface area contributed by atoms with E-state index in [1.165, 1.54) is 12.4 Å². The van der Waals surface area contributed by atoms with E-state index in [0.29, 0.717) is 86.3 Å². The van der Waals surface area contributed by atoms with Gasteiger partial charge < -0.3 is 15.5 Å². The first-order valence-corrected chi connectivity index (χ1v) is 17.7. The number of sulfone groups is 1. The molecule has 7 rings (SSSR count). The molecule has 2 N–H and O–H groups in total. The van der Waals surface area contributed by atoms with Gasteiger partial charge in [0.25, 0.3) is 11.5 Å². The standard InChI is InChI=1S/C32H40F2N6O4S/c1-21-23-4-2-5-25(18-23)32(33,34)24-7-13-39(14-8-24)15-11-35-28(41)6-3-12-40-30-27(29(38-21)36-20-37-30)19-26(31(40)42)22-9-16-45(43,44)17-10-22/h2,4-5,18-22,24H,3,6-17H2,1H3,(H,35,41)(H,36,37,38)/t21-/m1/s1. The van der Waals surface area contributed by atoms with Gasteiger partial charge in [0.15, 0.2) is 0 Å². The van der Waals surface area contributed by atoms with Crippen LogP contribution in [0.1, 0.15) is 74.1 Å². The van der Waals surface area contributed by atoms with Gasteiger partial charge in [-0.2, -0.15) is 0 Å². The maximum atomic E-state index is 15.8. The largest absolute Gasteiger partial charge is 0.363 e. The highest BCUT2D eigenvalue weighted by molar-refractivity contribution is 7.91. The Bertz CT molecular complexity index is 1730. The summed E-state index contributed by atoms with van der Waals surface area (Å²) in [6.07, 6.45) is 3.40. The van der Waals surface area contributed by atoms with Crippen LogP contribution in [0.15, 0.2) is 41.5 Å². The molecule has 6 heterocycles. The number of halogens is 2. The van der Waals surface area contributed by atoms with E-state index in [1.54, 1.807) is 22.8 Å². The number of fused-ring (bicyclic) bond motifs is 9. The Morgan fingerprint density at radius 2 is 1.73 bits per heavy atom. The number of alkyl halides is 2. The van der Waals surface area contributed by atoms with Gasteiger partial charge in [0.1, 0.15) is 27.6 Å². The van der Waals surface area contributed by atoms with Gasteiger partial charge in [-0.1, -0.05) is 18.2 Å². The maximum absolute atomic E-state index is 15.8. The van der Waals surface area contributed by atoms with Crippen molar-refractivity contribution < 1.29 is 22.0 Å². The Morgan fingerprint density at radius 1 is 0.978 bits per heavy atom. The SMILES string of the molecule is C[C@H]1Nc2ncnc3c2cc(C2CCS(=O)(=O)CC2)c(=O)n3CCCC(=O)NCCN2CCC(CC2)C(F)(F)c2cccc1c2. The molecule has 0 spiro atoms. The zero-order valence-electron chi connectivity index (χ0n) is 25.5. The van der Waals surface area contributed by atoms with Crippen LogP contribution < -0.4 is 16.2 Å². The summed E-state index contributed by atoms with van der Waals surface area (Å²) >= 11 is 0. The number of anilines is 1. The van der Waals surface area contributed by atoms with Crippen LogP contribution in [0, 0.1) is 5.92 Å². The van der Waals surface area contributed by atoms with Crippen LogP contribution in [0.4, 0.5) is 14.6 Å². The minimum atomic E-state index is -3.14. The second kappa shape index (κ2) is 12.7. The van der Waals surface area contributed by atoms with Gasteiger partial charge in [0.05, 0.1) is 16.9 Å². The van der Waals surface area contributed by atoms with Crippen molar-refractivity contribution in [1.82, 2.24) is 24.8 Å². The zero-order valence-corrected chi connectivity index (χ0v) is 26.3. The van der Waals surface area contributed by atoms with E-state index in [9.17, 15) is 18.0 Å². The normalized spacial score (nSPS) is 26.1. The van der Waals surface area contributed by atoms with Crippen LogP contribution in [-0.2, 0) is 27.1 Å². The summed E-state index contributed by atoms with van der Waals surface area (Å²) in [6, 6.07) is 7.88. The van der Waals surface area contributed by atoms with Gasteiger partial charge in [-0.15, -0.1) is 0 Å². The van der Waals surface area contributed by atoms with E-state index >= 15 is 8.78 Å². The van der Waals surface area contributed by atoms with Gasteiger partial charge in [0.2, 0.25) is 5.91 Å². The summed E-state index contributed by atoms with van der Waals surface area (Å²) < 4.78 is 57.5. The van der Waals surface area contributed by atoms with Crippen LogP contribution in [0.25, 0.3) is 11.0 Å². The van der Waals surface area contributed by atoms with Crippen molar-refractivity contribution in [3.63, 3.8) is 0 Å². The fourth-order valence-corrected chi connectivity index (χ4v) is 8.41. The van der Waals surface area contributed by atoms with E-state index in [-0.39, 0.29) is 47.4 Å². The Kier molecular flexibility index (Phi) is 8.93. The fourth-order valence-electron chi connectivity index (χ4n) is 6.92. The average molecular weight is 643 g/mol. The molecule has 8 bridgehead atoms. The molecule has 13 heteroatoms. The number of nitrogens with zero attached hydrogens (tertiary/aromatic N) is 4. The highest BCUT2D eigenvalue weighted by Crippen LogP contribution is 2.42. The lowest BCUT2D eigenvalue weighted by Gasteiger charge is -2.36. The third kappa shape index (κ3) is 6.74. The molecule has 4 aliphatic rings. The number of nitrogens with one attached hydrogen (secondary N) is 2. The average Bonchev–Trinajstić information content (AvgIpc) is 3.02. The highest BCUT2D eigenvalue weighted by Gasteiger charge is 2.42. The van der Waals surface area contributed by atoms with Crippen molar-refractivity contribution in [1.29, 1.82) is 0 Å². The van der Waals surface area contributed by atoms with E-state index in [4.69, 9.17) is 0 Å². The third-order valence-electron chi connectivity index (χ3n) is 9.67. The summed E-state index contributed by atoms with van der Waals surface area (Å²) in [7, 11) is -3.14. The molecular weight excluding hydrogens is 602 g/mol. The third-order valence-corrected chi connectivity index (χ3v) is 11.4. The van der Waals surface area contributed by atoms with Crippen molar-refractivity contribution >= 4 is 32.6 Å². The maximum Gasteiger partial charge on any atom is 0.276 e. The molecule has 0 saturated carbocycles. The molecule has 1 aromatic carbocycles. The van der Waals surface area contributed by atoms with E-state index in [1.807, 2.05) is 13.0 Å². The zero-order chi connectivity index (χ0) is 31.8. The number of pyridine rings is 1. The number of carbonyl (C=O) groups is 1. The minimum absolute atomic E-state index is 0.0128. The van der Waals surface area contributed by atoms with Gasteiger partial charge in [-0.25, -0.2) is 27.2 Å². The first-order chi connectivity index (χ1) is 21.5. The number of carbonyl (C=O) groups excluding carboxylic acids is 1. The number of aryl methyl sites for hydroxylation is 1. The lowest BCUT2D eigenvalue weighted by atomic mass is 9.85. The molecule has 3 aromatic rings. The van der Waals surface area contributed by atoms with Gasteiger partial charge in [0, 0.05) is 49.1 Å². The fraction of sp³-hybridized carbons (Fsp3) is 0.562. The van der Waals surface area contributed by atoms with E-state index in [2.05, 4.69) is 25.5 Å². The number of hydrogen-bond donors (Lipinski definition) is 2. The Balaban J connectivity index is 1.40. The second-order valence-electron chi connectivity index (χ2n) is 12.6. The molecule has 0 radical (unpaired) electrons. The molecule has 0 unspecified atom stereocenters. The lowest BCUT2D eigenvalue weighted by Crippen LogP contribution is -2.42. The molecule has 1 amide bonds. The molecule has 45 heavy (non-hydrogen) atoms. The summed E-state index contributed by atoms with van der Waals surface area (Å²) in [4.78, 5) is 37.6. The number of piperidine rings is 1. The highest BCUT2D eigenvalue weighted by atomic mass is 32.2. The summed E-state index contributed by atoms with van der Waals surface area (Å²) in [5.74, 6) is -3.67. The van der Waals surface area contributed by atoms with Crippen LogP contribution in [0.2, 0.25) is 0 Å². The number of benzene rings is 1. The van der Waals surface area contributed by atoms with Crippen LogP contribution >= 0.6 is 0 Å². The van der Waals surface area contributed by atoms with Gasteiger partial charge >= 0.3 is 0 Å². The summed E-state index contributed by atoms with van der Waals surface area (Å²) in [6.45, 7) is 4.23. The number of amides is 1. The van der Waals surface area contributed by atoms with Crippen molar-refractivity contribution in [2.45, 2.75) is 69.9 Å². The molecular formula is C32H40F2N6O4S. The second-order valence-corrected chi connectivity index (χ2v) is 14.9. The van der Waals surface area contributed by atoms with Crippen molar-refractivity contribution in [3.05, 3.63) is 63.7 Å². The van der Waals surface area contributed by atoms with Crippen molar-refractivity contribution in [3.8, 4) is 0 Å². The first kappa shape index (κ1) is 31.5. The van der Waals surface area contributed by atoms with E-state index < -0.39 is 27.7 Å². The molecule has 4 aliphatic heterocycles.